The van der Waals surface area contributed by atoms with E-state index in [1.54, 1.807) is 12.1 Å². The lowest BCUT2D eigenvalue weighted by Gasteiger charge is -2.14. The van der Waals surface area contributed by atoms with Gasteiger partial charge in [-0.3, -0.25) is 0 Å². The molecule has 0 aliphatic carbocycles. The molecule has 0 unspecified atom stereocenters. The second-order valence-corrected chi connectivity index (χ2v) is 4.46. The number of nitrogens with two attached hydrogens (primary N) is 1. The van der Waals surface area contributed by atoms with Gasteiger partial charge in [-0.25, -0.2) is 9.50 Å². The molecule has 8 nitrogen and oxygen atoms in total. The zero-order valence-electron chi connectivity index (χ0n) is 9.92. The maximum absolute atomic E-state index is 9.99. The van der Waals surface area contributed by atoms with Crippen molar-refractivity contribution in [2.24, 2.45) is 0 Å². The number of nitrogens with zero attached hydrogens (tertiary/aromatic N) is 3. The maximum atomic E-state index is 9.99. The van der Waals surface area contributed by atoms with Crippen molar-refractivity contribution in [1.29, 1.82) is 0 Å². The lowest BCUT2D eigenvalue weighted by Crippen LogP contribution is -2.32. The quantitative estimate of drug-likeness (QED) is 0.519. The van der Waals surface area contributed by atoms with E-state index >= 15 is 0 Å². The summed E-state index contributed by atoms with van der Waals surface area (Å²) in [6.45, 7) is -0.366. The average molecular weight is 266 g/mol. The van der Waals surface area contributed by atoms with Gasteiger partial charge in [-0.15, -0.1) is 0 Å². The normalized spacial score (nSPS) is 31.1. The molecule has 2 aromatic heterocycles. The van der Waals surface area contributed by atoms with Crippen LogP contribution in [0, 0.1) is 0 Å². The molecule has 2 aromatic rings. The predicted octanol–water partition coefficient (Wildman–Crippen LogP) is -1.53. The lowest BCUT2D eigenvalue weighted by atomic mass is 10.1. The largest absolute Gasteiger partial charge is 0.394 e. The van der Waals surface area contributed by atoms with E-state index in [1.165, 1.54) is 10.8 Å². The highest BCUT2D eigenvalue weighted by Crippen LogP contribution is 2.34. The predicted molar refractivity (Wildman–Crippen MR) is 64.1 cm³/mol. The van der Waals surface area contributed by atoms with Crippen LogP contribution in [-0.2, 0) is 4.74 Å². The molecule has 1 saturated heterocycles. The van der Waals surface area contributed by atoms with Crippen molar-refractivity contribution in [3.63, 3.8) is 0 Å². The third kappa shape index (κ3) is 1.77. The van der Waals surface area contributed by atoms with Crippen LogP contribution in [0.3, 0.4) is 0 Å². The fourth-order valence-corrected chi connectivity index (χ4v) is 2.33. The highest BCUT2D eigenvalue weighted by atomic mass is 16.6. The Hall–Kier alpha value is -1.74. The summed E-state index contributed by atoms with van der Waals surface area (Å²) >= 11 is 0. The Morgan fingerprint density at radius 3 is 2.79 bits per heavy atom. The standard InChI is InChI=1S/C11H14N4O4/c12-11-6-2-1-5(15(6)14-4-13-11)10-9(18)8(17)7(3-16)19-10/h1-2,4,7-10,16-18H,3H2,(H2,12,13,14)/t7-,8-,9-,10+/m0/s1. The first-order chi connectivity index (χ1) is 9.13. The number of fused-ring (bicyclic) bond motifs is 1. The van der Waals surface area contributed by atoms with Crippen LogP contribution in [0.15, 0.2) is 18.5 Å². The first-order valence-corrected chi connectivity index (χ1v) is 5.84. The Bertz CT molecular complexity index is 601. The minimum absolute atomic E-state index is 0.313. The molecule has 102 valence electrons. The second-order valence-electron chi connectivity index (χ2n) is 4.46. The molecule has 0 bridgehead atoms. The highest BCUT2D eigenvalue weighted by Gasteiger charge is 2.44. The molecule has 4 atom stereocenters. The van der Waals surface area contributed by atoms with Crippen LogP contribution in [0.1, 0.15) is 11.8 Å². The molecule has 0 radical (unpaired) electrons. The van der Waals surface area contributed by atoms with Crippen LogP contribution >= 0.6 is 0 Å². The number of aliphatic hydroxyl groups excluding tert-OH is 3. The molecule has 1 fully saturated rings. The molecule has 0 aromatic carbocycles. The van der Waals surface area contributed by atoms with Crippen LogP contribution in [0.2, 0.25) is 0 Å². The Labute approximate surface area is 108 Å². The summed E-state index contributed by atoms with van der Waals surface area (Å²) in [5.41, 5.74) is 6.86. The van der Waals surface area contributed by atoms with Crippen LogP contribution in [0.5, 0.6) is 0 Å². The Kier molecular flexibility index (Phi) is 2.86. The molecule has 5 N–H and O–H groups in total. The molecule has 0 saturated carbocycles. The fourth-order valence-electron chi connectivity index (χ4n) is 2.33. The molecule has 0 spiro atoms. The van der Waals surface area contributed by atoms with Gasteiger partial charge in [-0.2, -0.15) is 5.10 Å². The van der Waals surface area contributed by atoms with Gasteiger partial charge in [0.05, 0.1) is 12.3 Å². The minimum Gasteiger partial charge on any atom is -0.394 e. The van der Waals surface area contributed by atoms with E-state index in [0.717, 1.165) is 0 Å². The highest BCUT2D eigenvalue weighted by molar-refractivity contribution is 5.65. The summed E-state index contributed by atoms with van der Waals surface area (Å²) < 4.78 is 6.96. The Balaban J connectivity index is 2.04. The van der Waals surface area contributed by atoms with Crippen molar-refractivity contribution in [2.75, 3.05) is 12.3 Å². The summed E-state index contributed by atoms with van der Waals surface area (Å²) in [6.07, 6.45) is -2.56. The third-order valence-corrected chi connectivity index (χ3v) is 3.34. The van der Waals surface area contributed by atoms with E-state index in [0.29, 0.717) is 17.0 Å². The van der Waals surface area contributed by atoms with E-state index in [-0.39, 0.29) is 6.61 Å². The number of rotatable bonds is 2. The number of nitrogen functional groups attached to an aromatic ring is 1. The van der Waals surface area contributed by atoms with Gasteiger partial charge in [0.25, 0.3) is 0 Å². The summed E-state index contributed by atoms with van der Waals surface area (Å²) in [4.78, 5) is 3.87. The molecule has 3 rings (SSSR count). The lowest BCUT2D eigenvalue weighted by molar-refractivity contribution is -0.0244. The number of ether oxygens (including phenoxy) is 1. The Morgan fingerprint density at radius 2 is 2.11 bits per heavy atom. The van der Waals surface area contributed by atoms with E-state index in [1.807, 2.05) is 0 Å². The number of hydrogen-bond donors (Lipinski definition) is 4. The van der Waals surface area contributed by atoms with Crippen molar-refractivity contribution < 1.29 is 20.1 Å². The van der Waals surface area contributed by atoms with Gasteiger partial charge in [0.1, 0.15) is 36.3 Å². The molecular weight excluding hydrogens is 252 g/mol. The summed E-state index contributed by atoms with van der Waals surface area (Å²) in [7, 11) is 0. The topological polar surface area (TPSA) is 126 Å². The SMILES string of the molecule is Nc1ncnn2c([C@H]3O[C@@H](CO)[C@H](O)[C@@H]3O)ccc12. The average Bonchev–Trinajstić information content (AvgIpc) is 2.94. The summed E-state index contributed by atoms with van der Waals surface area (Å²) in [5, 5.41) is 32.9. The van der Waals surface area contributed by atoms with Gasteiger partial charge in [0.15, 0.2) is 5.82 Å². The third-order valence-electron chi connectivity index (χ3n) is 3.34. The first-order valence-electron chi connectivity index (χ1n) is 5.84. The monoisotopic (exact) mass is 266 g/mol. The molecule has 1 aliphatic rings. The van der Waals surface area contributed by atoms with E-state index in [9.17, 15) is 10.2 Å². The zero-order valence-corrected chi connectivity index (χ0v) is 9.92. The van der Waals surface area contributed by atoms with Gasteiger partial charge < -0.3 is 25.8 Å². The van der Waals surface area contributed by atoms with Gasteiger partial charge in [-0.1, -0.05) is 0 Å². The minimum atomic E-state index is -1.14. The summed E-state index contributed by atoms with van der Waals surface area (Å²) in [5.74, 6) is 0.313. The molecular formula is C11H14N4O4. The van der Waals surface area contributed by atoms with E-state index < -0.39 is 24.4 Å². The van der Waals surface area contributed by atoms with Gasteiger partial charge in [0, 0.05) is 0 Å². The van der Waals surface area contributed by atoms with E-state index in [4.69, 9.17) is 15.6 Å². The first kappa shape index (κ1) is 12.3. The Morgan fingerprint density at radius 1 is 1.32 bits per heavy atom. The van der Waals surface area contributed by atoms with Gasteiger partial charge in [-0.05, 0) is 12.1 Å². The van der Waals surface area contributed by atoms with Crippen LogP contribution < -0.4 is 5.73 Å². The van der Waals surface area contributed by atoms with E-state index in [2.05, 4.69) is 10.1 Å². The number of aliphatic hydroxyl groups is 3. The van der Waals surface area contributed by atoms with Crippen LogP contribution in [0.4, 0.5) is 5.82 Å². The number of aromatic nitrogens is 3. The van der Waals surface area contributed by atoms with Crippen molar-refractivity contribution in [1.82, 2.24) is 14.6 Å². The summed E-state index contributed by atoms with van der Waals surface area (Å²) in [6, 6.07) is 3.40. The van der Waals surface area contributed by atoms with Crippen molar-refractivity contribution in [3.05, 3.63) is 24.2 Å². The van der Waals surface area contributed by atoms with Gasteiger partial charge >= 0.3 is 0 Å². The molecule has 0 amide bonds. The van der Waals surface area contributed by atoms with Crippen molar-refractivity contribution in [3.8, 4) is 0 Å². The van der Waals surface area contributed by atoms with Crippen molar-refractivity contribution >= 4 is 11.3 Å². The molecule has 3 heterocycles. The molecule has 1 aliphatic heterocycles. The van der Waals surface area contributed by atoms with Crippen LogP contribution in [0.25, 0.3) is 5.52 Å². The molecule has 19 heavy (non-hydrogen) atoms. The van der Waals surface area contributed by atoms with Gasteiger partial charge in [0.2, 0.25) is 0 Å². The van der Waals surface area contributed by atoms with Crippen molar-refractivity contribution in [2.45, 2.75) is 24.4 Å². The number of anilines is 1. The maximum Gasteiger partial charge on any atom is 0.151 e. The number of hydrogen-bond acceptors (Lipinski definition) is 7. The molecule has 8 heteroatoms. The zero-order chi connectivity index (χ0) is 13.6. The fraction of sp³-hybridized carbons (Fsp3) is 0.455. The second kappa shape index (κ2) is 4.42. The smallest absolute Gasteiger partial charge is 0.151 e. The van der Waals surface area contributed by atoms with Crippen LogP contribution in [-0.4, -0.2) is 54.8 Å².